The van der Waals surface area contributed by atoms with Crippen molar-refractivity contribution in [1.82, 2.24) is 5.32 Å². The fourth-order valence-corrected chi connectivity index (χ4v) is 2.73. The lowest BCUT2D eigenvalue weighted by molar-refractivity contribution is 0.275. The molecule has 19 heavy (non-hydrogen) atoms. The zero-order valence-corrected chi connectivity index (χ0v) is 12.9. The Kier molecular flexibility index (Phi) is 6.50. The topological polar surface area (TPSA) is 12.0 Å². The van der Waals surface area contributed by atoms with Crippen LogP contribution in [-0.2, 0) is 6.42 Å². The molecule has 0 aliphatic heterocycles. The molecular formula is C17H28FN. The average molecular weight is 265 g/mol. The first-order chi connectivity index (χ1) is 9.00. The first-order valence-electron chi connectivity index (χ1n) is 7.46. The summed E-state index contributed by atoms with van der Waals surface area (Å²) in [5.74, 6) is -0.137. The van der Waals surface area contributed by atoms with Crippen LogP contribution in [0.25, 0.3) is 0 Å². The zero-order chi connectivity index (χ0) is 14.3. The van der Waals surface area contributed by atoms with Crippen LogP contribution in [-0.4, -0.2) is 13.1 Å². The van der Waals surface area contributed by atoms with Gasteiger partial charge in [-0.3, -0.25) is 0 Å². The van der Waals surface area contributed by atoms with E-state index in [-0.39, 0.29) is 11.2 Å². The van der Waals surface area contributed by atoms with E-state index < -0.39 is 0 Å². The maximum absolute atomic E-state index is 13.2. The summed E-state index contributed by atoms with van der Waals surface area (Å²) < 4.78 is 13.2. The van der Waals surface area contributed by atoms with Crippen LogP contribution >= 0.6 is 0 Å². The highest BCUT2D eigenvalue weighted by atomic mass is 19.1. The van der Waals surface area contributed by atoms with Crippen LogP contribution in [0.5, 0.6) is 0 Å². The second-order valence-corrected chi connectivity index (χ2v) is 5.99. The number of halogens is 1. The molecule has 0 spiro atoms. The minimum atomic E-state index is -0.137. The highest BCUT2D eigenvalue weighted by Gasteiger charge is 2.24. The molecule has 1 nitrogen and oxygen atoms in total. The van der Waals surface area contributed by atoms with Gasteiger partial charge in [0.1, 0.15) is 5.82 Å². The number of aryl methyl sites for hydroxylation is 1. The second-order valence-electron chi connectivity index (χ2n) is 5.99. The van der Waals surface area contributed by atoms with E-state index in [0.717, 1.165) is 31.5 Å². The lowest BCUT2D eigenvalue weighted by Crippen LogP contribution is -2.34. The normalized spacial score (nSPS) is 14.4. The molecule has 0 aliphatic carbocycles. The summed E-state index contributed by atoms with van der Waals surface area (Å²) in [6.45, 7) is 10.9. The van der Waals surface area contributed by atoms with Crippen molar-refractivity contribution in [2.45, 2.75) is 53.4 Å². The number of nitrogens with one attached hydrogen (secondary N) is 1. The Bertz CT molecular complexity index is 389. The summed E-state index contributed by atoms with van der Waals surface area (Å²) >= 11 is 0. The van der Waals surface area contributed by atoms with Crippen molar-refractivity contribution in [3.63, 3.8) is 0 Å². The Morgan fingerprint density at radius 1 is 1.21 bits per heavy atom. The summed E-state index contributed by atoms with van der Waals surface area (Å²) in [5.41, 5.74) is 2.60. The summed E-state index contributed by atoms with van der Waals surface area (Å²) in [6, 6.07) is 5.16. The van der Waals surface area contributed by atoms with Crippen molar-refractivity contribution in [3.05, 3.63) is 35.1 Å². The fourth-order valence-electron chi connectivity index (χ4n) is 2.73. The van der Waals surface area contributed by atoms with Crippen LogP contribution < -0.4 is 5.32 Å². The van der Waals surface area contributed by atoms with Crippen molar-refractivity contribution in [2.24, 2.45) is 5.41 Å². The smallest absolute Gasteiger partial charge is 0.123 e. The van der Waals surface area contributed by atoms with Gasteiger partial charge in [-0.2, -0.15) is 0 Å². The van der Waals surface area contributed by atoms with E-state index in [1.807, 2.05) is 13.0 Å². The molecule has 0 amide bonds. The molecule has 1 aromatic rings. The second kappa shape index (κ2) is 7.64. The van der Waals surface area contributed by atoms with Crippen molar-refractivity contribution >= 4 is 0 Å². The Balaban J connectivity index is 2.75. The van der Waals surface area contributed by atoms with E-state index in [4.69, 9.17) is 0 Å². The molecule has 0 heterocycles. The third-order valence-electron chi connectivity index (χ3n) is 3.75. The number of rotatable bonds is 8. The fraction of sp³-hybridized carbons (Fsp3) is 0.647. The largest absolute Gasteiger partial charge is 0.316 e. The Labute approximate surface area is 117 Å². The van der Waals surface area contributed by atoms with Crippen LogP contribution in [0.2, 0.25) is 0 Å². The third kappa shape index (κ3) is 5.32. The molecule has 1 aromatic carbocycles. The molecule has 1 atom stereocenters. The van der Waals surface area contributed by atoms with Gasteiger partial charge in [-0.15, -0.1) is 0 Å². The van der Waals surface area contributed by atoms with Gasteiger partial charge in [-0.05, 0) is 61.4 Å². The maximum Gasteiger partial charge on any atom is 0.123 e. The van der Waals surface area contributed by atoms with E-state index in [9.17, 15) is 4.39 Å². The molecule has 0 aromatic heterocycles. The summed E-state index contributed by atoms with van der Waals surface area (Å²) in [7, 11) is 0. The maximum atomic E-state index is 13.2. The Morgan fingerprint density at radius 3 is 2.53 bits per heavy atom. The molecule has 0 radical (unpaired) electrons. The SMILES string of the molecule is CCCNCC(C)(CCC)Cc1ccc(F)cc1C. The van der Waals surface area contributed by atoms with Gasteiger partial charge in [0.15, 0.2) is 0 Å². The predicted molar refractivity (Wildman–Crippen MR) is 81.0 cm³/mol. The summed E-state index contributed by atoms with van der Waals surface area (Å²) in [4.78, 5) is 0. The van der Waals surface area contributed by atoms with Gasteiger partial charge in [-0.1, -0.05) is 33.3 Å². The van der Waals surface area contributed by atoms with Gasteiger partial charge in [0.2, 0.25) is 0 Å². The predicted octanol–water partition coefficient (Wildman–Crippen LogP) is 4.48. The van der Waals surface area contributed by atoms with Crippen LogP contribution in [0.1, 0.15) is 51.2 Å². The highest BCUT2D eigenvalue weighted by Crippen LogP contribution is 2.29. The average Bonchev–Trinajstić information content (AvgIpc) is 2.34. The summed E-state index contributed by atoms with van der Waals surface area (Å²) in [5, 5.41) is 3.54. The Morgan fingerprint density at radius 2 is 1.95 bits per heavy atom. The van der Waals surface area contributed by atoms with Crippen LogP contribution in [0.3, 0.4) is 0 Å². The van der Waals surface area contributed by atoms with Gasteiger partial charge in [-0.25, -0.2) is 4.39 Å². The van der Waals surface area contributed by atoms with E-state index in [0.29, 0.717) is 0 Å². The summed E-state index contributed by atoms with van der Waals surface area (Å²) in [6.07, 6.45) is 4.56. The molecule has 1 rings (SSSR count). The molecule has 1 N–H and O–H groups in total. The highest BCUT2D eigenvalue weighted by molar-refractivity contribution is 5.27. The van der Waals surface area contributed by atoms with Gasteiger partial charge >= 0.3 is 0 Å². The molecule has 108 valence electrons. The van der Waals surface area contributed by atoms with Gasteiger partial charge < -0.3 is 5.32 Å². The van der Waals surface area contributed by atoms with Crippen molar-refractivity contribution in [1.29, 1.82) is 0 Å². The number of hydrogen-bond donors (Lipinski definition) is 1. The third-order valence-corrected chi connectivity index (χ3v) is 3.75. The van der Waals surface area contributed by atoms with E-state index in [1.165, 1.54) is 18.4 Å². The van der Waals surface area contributed by atoms with Crippen LogP contribution in [0, 0.1) is 18.2 Å². The van der Waals surface area contributed by atoms with Gasteiger partial charge in [0.05, 0.1) is 0 Å². The monoisotopic (exact) mass is 265 g/mol. The lowest BCUT2D eigenvalue weighted by atomic mass is 9.78. The zero-order valence-electron chi connectivity index (χ0n) is 12.9. The molecule has 0 fully saturated rings. The first kappa shape index (κ1) is 16.2. The molecule has 0 aliphatic rings. The van der Waals surface area contributed by atoms with Crippen molar-refractivity contribution < 1.29 is 4.39 Å². The van der Waals surface area contributed by atoms with E-state index in [1.54, 1.807) is 12.1 Å². The Hall–Kier alpha value is -0.890. The number of benzene rings is 1. The standard InChI is InChI=1S/C17H28FN/c1-5-9-17(4,13-19-10-6-2)12-15-7-8-16(18)11-14(15)3/h7-8,11,19H,5-6,9-10,12-13H2,1-4H3. The number of hydrogen-bond acceptors (Lipinski definition) is 1. The quantitative estimate of drug-likeness (QED) is 0.683. The van der Waals surface area contributed by atoms with Gasteiger partial charge in [0.25, 0.3) is 0 Å². The first-order valence-corrected chi connectivity index (χ1v) is 7.46. The van der Waals surface area contributed by atoms with E-state index >= 15 is 0 Å². The minimum absolute atomic E-state index is 0.137. The molecular weight excluding hydrogens is 237 g/mol. The van der Waals surface area contributed by atoms with E-state index in [2.05, 4.69) is 26.1 Å². The molecule has 0 saturated heterocycles. The van der Waals surface area contributed by atoms with Crippen LogP contribution in [0.4, 0.5) is 4.39 Å². The minimum Gasteiger partial charge on any atom is -0.316 e. The molecule has 1 unspecified atom stereocenters. The van der Waals surface area contributed by atoms with Crippen LogP contribution in [0.15, 0.2) is 18.2 Å². The molecule has 0 saturated carbocycles. The molecule has 2 heteroatoms. The van der Waals surface area contributed by atoms with Gasteiger partial charge in [0, 0.05) is 6.54 Å². The molecule has 0 bridgehead atoms. The lowest BCUT2D eigenvalue weighted by Gasteiger charge is -2.30. The van der Waals surface area contributed by atoms with Crippen molar-refractivity contribution in [3.8, 4) is 0 Å². The van der Waals surface area contributed by atoms with Crippen molar-refractivity contribution in [2.75, 3.05) is 13.1 Å².